The molecule has 0 saturated carbocycles. The second kappa shape index (κ2) is 24.3. The van der Waals surface area contributed by atoms with Gasteiger partial charge in [-0.15, -0.1) is 0 Å². The predicted octanol–water partition coefficient (Wildman–Crippen LogP) is -2.14. The standard InChI is InChI=1S/C32H62N10O8/c1-18(2)27(42-26(45)14-19(3)44)31(49)40-23(15-21-10-7-6-8-11-21)29(47)39-22(12-9-13-36-32(33)34)20(4)38-25(17-43)30(48)41-24(16-37-50)28(46)35-5/h6-7,18-25,27,29-31,38-41,43-44,47-49H,5,8-17H2,1-4H3,(H,42,45)(H4,33,34,36). The van der Waals surface area contributed by atoms with Crippen molar-refractivity contribution < 1.29 is 35.1 Å². The van der Waals surface area contributed by atoms with Crippen LogP contribution in [0.2, 0.25) is 0 Å². The van der Waals surface area contributed by atoms with Crippen LogP contribution in [0.25, 0.3) is 0 Å². The molecule has 11 atom stereocenters. The molecule has 0 heterocycles. The van der Waals surface area contributed by atoms with Crippen LogP contribution in [0.4, 0.5) is 0 Å². The first-order chi connectivity index (χ1) is 23.6. The number of guanidine groups is 1. The number of hydrogen-bond acceptors (Lipinski definition) is 14. The summed E-state index contributed by atoms with van der Waals surface area (Å²) in [6, 6.07) is -4.72. The Kier molecular flexibility index (Phi) is 21.9. The van der Waals surface area contributed by atoms with Gasteiger partial charge >= 0.3 is 0 Å². The fraction of sp³-hybridized carbons (Fsp3) is 0.812. The number of carbonyl (C=O) groups excluding carboxylic acids is 2. The molecule has 0 saturated heterocycles. The number of hydrogen-bond donors (Lipinski definition) is 12. The first kappa shape index (κ1) is 45.1. The van der Waals surface area contributed by atoms with Gasteiger partial charge in [-0.1, -0.05) is 31.2 Å². The van der Waals surface area contributed by atoms with Crippen molar-refractivity contribution >= 4 is 24.5 Å². The van der Waals surface area contributed by atoms with Crippen molar-refractivity contribution in [3.8, 4) is 0 Å². The maximum absolute atomic E-state index is 12.5. The van der Waals surface area contributed by atoms with Gasteiger partial charge in [0.15, 0.2) is 5.96 Å². The molecule has 50 heavy (non-hydrogen) atoms. The van der Waals surface area contributed by atoms with E-state index in [2.05, 4.69) is 60.6 Å². The zero-order valence-electron chi connectivity index (χ0n) is 29.8. The van der Waals surface area contributed by atoms with Crippen molar-refractivity contribution in [2.45, 2.75) is 134 Å². The highest BCUT2D eigenvalue weighted by atomic mass is 16.3. The molecule has 0 spiro atoms. The summed E-state index contributed by atoms with van der Waals surface area (Å²) in [6.45, 7) is 9.33. The van der Waals surface area contributed by atoms with Gasteiger partial charge < -0.3 is 47.6 Å². The number of rotatable bonds is 26. The third kappa shape index (κ3) is 17.3. The van der Waals surface area contributed by atoms with Crippen LogP contribution in [0.1, 0.15) is 72.6 Å². The Labute approximate surface area is 295 Å². The summed E-state index contributed by atoms with van der Waals surface area (Å²) in [5.74, 6) is -1.27. The van der Waals surface area contributed by atoms with Gasteiger partial charge in [-0.3, -0.25) is 30.5 Å². The summed E-state index contributed by atoms with van der Waals surface area (Å²) in [5, 5.41) is 71.2. The number of allylic oxidation sites excluding steroid dienone is 2. The second-order valence-electron chi connectivity index (χ2n) is 13.4. The molecule has 0 radical (unpaired) electrons. The lowest BCUT2D eigenvalue weighted by molar-refractivity contribution is -0.125. The molecule has 0 aromatic rings. The predicted molar refractivity (Wildman–Crippen MR) is 192 cm³/mol. The lowest BCUT2D eigenvalue weighted by atomic mass is 9.87. The highest BCUT2D eigenvalue weighted by Gasteiger charge is 2.34. The van der Waals surface area contributed by atoms with Crippen LogP contribution in [-0.2, 0) is 9.59 Å². The van der Waals surface area contributed by atoms with E-state index in [9.17, 15) is 40.0 Å². The molecule has 1 rings (SSSR count). The van der Waals surface area contributed by atoms with Crippen molar-refractivity contribution in [2.75, 3.05) is 19.7 Å². The molecule has 0 aromatic carbocycles. The van der Waals surface area contributed by atoms with Gasteiger partial charge in [-0.25, -0.2) is 4.99 Å². The number of nitrogens with two attached hydrogens (primary N) is 2. The number of nitrogens with one attached hydrogen (secondary N) is 5. The summed E-state index contributed by atoms with van der Waals surface area (Å²) in [6.07, 6.45) is 3.24. The van der Waals surface area contributed by atoms with Gasteiger partial charge in [-0.2, -0.15) is 4.91 Å². The van der Waals surface area contributed by atoms with E-state index in [1.165, 1.54) is 6.92 Å². The van der Waals surface area contributed by atoms with Crippen LogP contribution >= 0.6 is 0 Å². The van der Waals surface area contributed by atoms with Crippen LogP contribution in [0, 0.1) is 16.7 Å². The number of nitroso groups, excluding NO2 is 1. The Bertz CT molecular complexity index is 1080. The first-order valence-electron chi connectivity index (χ1n) is 17.3. The van der Waals surface area contributed by atoms with Gasteiger partial charge in [0.25, 0.3) is 5.91 Å². The van der Waals surface area contributed by atoms with Crippen LogP contribution < -0.4 is 38.1 Å². The van der Waals surface area contributed by atoms with E-state index in [1.807, 2.05) is 13.8 Å². The molecule has 18 heteroatoms. The zero-order chi connectivity index (χ0) is 37.8. The summed E-state index contributed by atoms with van der Waals surface area (Å²) in [4.78, 5) is 42.7. The number of aliphatic hydroxyl groups excluding tert-OH is 5. The normalized spacial score (nSPS) is 20.7. The van der Waals surface area contributed by atoms with E-state index in [4.69, 9.17) is 11.5 Å². The molecular formula is C32H62N10O8. The molecule has 11 unspecified atom stereocenters. The van der Waals surface area contributed by atoms with Crippen molar-refractivity contribution in [1.29, 1.82) is 0 Å². The maximum Gasteiger partial charge on any atom is 0.264 e. The highest BCUT2D eigenvalue weighted by molar-refractivity contribution is 5.85. The molecule has 0 fully saturated rings. The minimum Gasteiger partial charge on any atom is -0.395 e. The average molecular weight is 715 g/mol. The van der Waals surface area contributed by atoms with E-state index >= 15 is 0 Å². The van der Waals surface area contributed by atoms with E-state index in [1.54, 1.807) is 6.92 Å². The zero-order valence-corrected chi connectivity index (χ0v) is 29.8. The monoisotopic (exact) mass is 714 g/mol. The van der Waals surface area contributed by atoms with E-state index in [-0.39, 0.29) is 24.2 Å². The van der Waals surface area contributed by atoms with Crippen LogP contribution in [0.3, 0.4) is 0 Å². The number of aliphatic hydroxyl groups is 5. The van der Waals surface area contributed by atoms with Gasteiger partial charge in [0.05, 0.1) is 31.2 Å². The first-order valence-corrected chi connectivity index (χ1v) is 17.3. The number of aliphatic imine (C=N–C) groups is 2. The van der Waals surface area contributed by atoms with Gasteiger partial charge in [-0.05, 0) is 70.9 Å². The van der Waals surface area contributed by atoms with Crippen molar-refractivity contribution in [3.63, 3.8) is 0 Å². The largest absolute Gasteiger partial charge is 0.395 e. The molecular weight excluding hydrogens is 652 g/mol. The number of amides is 2. The quantitative estimate of drug-likeness (QED) is 0.0114. The summed E-state index contributed by atoms with van der Waals surface area (Å²) < 4.78 is 0. The third-order valence-electron chi connectivity index (χ3n) is 8.69. The third-order valence-corrected chi connectivity index (χ3v) is 8.69. The molecule has 18 nitrogen and oxygen atoms in total. The second-order valence-corrected chi connectivity index (χ2v) is 13.4. The smallest absolute Gasteiger partial charge is 0.264 e. The number of carbonyl (C=O) groups is 2. The molecule has 2 amide bonds. The van der Waals surface area contributed by atoms with E-state index in [0.29, 0.717) is 25.8 Å². The Morgan fingerprint density at radius 3 is 2.14 bits per heavy atom. The Morgan fingerprint density at radius 2 is 1.60 bits per heavy atom. The highest BCUT2D eigenvalue weighted by Crippen LogP contribution is 2.24. The van der Waals surface area contributed by atoms with E-state index < -0.39 is 86.0 Å². The lowest BCUT2D eigenvalue weighted by Gasteiger charge is -2.38. The molecule has 1 aliphatic carbocycles. The summed E-state index contributed by atoms with van der Waals surface area (Å²) in [5.41, 5.74) is 11.0. The molecule has 1 aliphatic rings. The Hall–Kier alpha value is -2.94. The van der Waals surface area contributed by atoms with Crippen molar-refractivity contribution in [3.05, 3.63) is 17.1 Å². The minimum atomic E-state index is -1.51. The fourth-order valence-corrected chi connectivity index (χ4v) is 5.90. The number of nitrogens with zero attached hydrogens (tertiary/aromatic N) is 3. The fourth-order valence-electron chi connectivity index (χ4n) is 5.90. The topological polar surface area (TPSA) is 302 Å². The van der Waals surface area contributed by atoms with Crippen LogP contribution in [0.15, 0.2) is 27.3 Å². The minimum absolute atomic E-state index is 0.0711. The van der Waals surface area contributed by atoms with Crippen molar-refractivity contribution in [2.24, 2.45) is 38.5 Å². The van der Waals surface area contributed by atoms with Crippen LogP contribution in [-0.4, -0.2) is 131 Å². The molecule has 288 valence electrons. The van der Waals surface area contributed by atoms with Gasteiger partial charge in [0.1, 0.15) is 31.3 Å². The lowest BCUT2D eigenvalue weighted by Crippen LogP contribution is -2.63. The summed E-state index contributed by atoms with van der Waals surface area (Å²) in [7, 11) is 0. The summed E-state index contributed by atoms with van der Waals surface area (Å²) >= 11 is 0. The molecule has 14 N–H and O–H groups in total. The van der Waals surface area contributed by atoms with E-state index in [0.717, 1.165) is 19.3 Å². The van der Waals surface area contributed by atoms with Gasteiger partial charge in [0, 0.05) is 24.7 Å². The van der Waals surface area contributed by atoms with Crippen LogP contribution in [0.5, 0.6) is 0 Å². The Balaban J connectivity index is 3.27. The Morgan fingerprint density at radius 1 is 0.940 bits per heavy atom. The van der Waals surface area contributed by atoms with Gasteiger partial charge in [0.2, 0.25) is 5.91 Å². The molecule has 0 bridgehead atoms. The molecule has 0 aliphatic heterocycles. The SMILES string of the molecule is C=NC(=O)C(CN=O)NC(O)C(CO)NC(C)C(CCCN=C(N)N)NC(O)C(CC1CC=CCC1)NC(O)C(NC(=O)CC(C)O)C(C)C. The van der Waals surface area contributed by atoms with Crippen molar-refractivity contribution in [1.82, 2.24) is 26.6 Å². The molecule has 0 aromatic heterocycles. The maximum atomic E-state index is 12.5. The average Bonchev–Trinajstić information content (AvgIpc) is 3.06.